The number of hydrogen-bond acceptors (Lipinski definition) is 7. The molecule has 170 valence electrons. The van der Waals surface area contributed by atoms with Crippen LogP contribution in [0.1, 0.15) is 12.8 Å². The highest BCUT2D eigenvalue weighted by atomic mass is 19.1. The molecular weight excluding hydrogens is 436 g/mol. The van der Waals surface area contributed by atoms with Crippen LogP contribution in [0.3, 0.4) is 0 Å². The molecule has 2 aromatic heterocycles. The summed E-state index contributed by atoms with van der Waals surface area (Å²) < 4.78 is 39.8. The van der Waals surface area contributed by atoms with Crippen LogP contribution in [0.15, 0.2) is 47.3 Å². The number of pyridine rings is 1. The van der Waals surface area contributed by atoms with Gasteiger partial charge in [-0.3, -0.25) is 14.6 Å². The third-order valence-electron chi connectivity index (χ3n) is 5.55. The van der Waals surface area contributed by atoms with E-state index < -0.39 is 23.8 Å². The second-order valence-corrected chi connectivity index (χ2v) is 7.72. The lowest BCUT2D eigenvalue weighted by Crippen LogP contribution is -2.27. The molecule has 0 spiro atoms. The molecule has 2 aliphatic rings. The summed E-state index contributed by atoms with van der Waals surface area (Å²) in [5, 5.41) is 6.65. The molecule has 5 rings (SSSR count). The lowest BCUT2D eigenvalue weighted by Gasteiger charge is -2.16. The number of benzene rings is 1. The summed E-state index contributed by atoms with van der Waals surface area (Å²) in [5.74, 6) is -0.769. The van der Waals surface area contributed by atoms with Crippen molar-refractivity contribution in [1.29, 1.82) is 0 Å². The number of halogens is 2. The Bertz CT molecular complexity index is 1160. The highest BCUT2D eigenvalue weighted by Gasteiger charge is 2.33. The molecule has 2 aliphatic heterocycles. The van der Waals surface area contributed by atoms with Gasteiger partial charge in [0.15, 0.2) is 5.82 Å². The molecule has 2 saturated heterocycles. The number of nitrogens with zero attached hydrogens (tertiary/aromatic N) is 4. The predicted octanol–water partition coefficient (Wildman–Crippen LogP) is 3.58. The summed E-state index contributed by atoms with van der Waals surface area (Å²) in [6, 6.07) is 6.87. The zero-order chi connectivity index (χ0) is 22.9. The van der Waals surface area contributed by atoms with Crippen LogP contribution in [0.2, 0.25) is 0 Å². The van der Waals surface area contributed by atoms with E-state index in [4.69, 9.17) is 9.26 Å². The van der Waals surface area contributed by atoms with E-state index >= 15 is 0 Å². The second-order valence-electron chi connectivity index (χ2n) is 7.72. The normalized spacial score (nSPS) is 18.2. The SMILES string of the molecule is O=C1O[C@@H](CNc2ccon2)CN1c1cc(F)c(-c2ccc(N3CCCC3=O)nc2)c(F)c1. The minimum Gasteiger partial charge on any atom is -0.442 e. The minimum absolute atomic E-state index is 0.0241. The molecule has 11 heteroatoms. The Labute approximate surface area is 186 Å². The molecule has 9 nitrogen and oxygen atoms in total. The van der Waals surface area contributed by atoms with E-state index in [-0.39, 0.29) is 35.8 Å². The summed E-state index contributed by atoms with van der Waals surface area (Å²) in [6.45, 7) is 0.945. The van der Waals surface area contributed by atoms with Gasteiger partial charge in [0.2, 0.25) is 5.91 Å². The van der Waals surface area contributed by atoms with E-state index in [1.54, 1.807) is 17.0 Å². The van der Waals surface area contributed by atoms with Crippen LogP contribution in [0.4, 0.5) is 30.9 Å². The fraction of sp³-hybridized carbons (Fsp3) is 0.273. The molecule has 0 aliphatic carbocycles. The van der Waals surface area contributed by atoms with Crippen LogP contribution in [0.5, 0.6) is 0 Å². The molecule has 0 bridgehead atoms. The lowest BCUT2D eigenvalue weighted by atomic mass is 10.1. The number of ether oxygens (including phenoxy) is 1. The average molecular weight is 455 g/mol. The summed E-state index contributed by atoms with van der Waals surface area (Å²) >= 11 is 0. The van der Waals surface area contributed by atoms with Crippen molar-refractivity contribution in [1.82, 2.24) is 10.1 Å². The van der Waals surface area contributed by atoms with Crippen LogP contribution < -0.4 is 15.1 Å². The summed E-state index contributed by atoms with van der Waals surface area (Å²) in [7, 11) is 0. The number of cyclic esters (lactones) is 1. The first-order chi connectivity index (χ1) is 16.0. The molecule has 2 fully saturated rings. The number of rotatable bonds is 6. The molecular formula is C22H19F2N5O4. The van der Waals surface area contributed by atoms with Gasteiger partial charge in [-0.05, 0) is 30.7 Å². The molecule has 4 heterocycles. The maximum Gasteiger partial charge on any atom is 0.414 e. The van der Waals surface area contributed by atoms with Gasteiger partial charge in [-0.1, -0.05) is 5.16 Å². The highest BCUT2D eigenvalue weighted by molar-refractivity contribution is 5.94. The van der Waals surface area contributed by atoms with Crippen molar-refractivity contribution in [3.63, 3.8) is 0 Å². The van der Waals surface area contributed by atoms with Crippen molar-refractivity contribution in [3.05, 3.63) is 54.4 Å². The van der Waals surface area contributed by atoms with Crippen molar-refractivity contribution in [2.24, 2.45) is 0 Å². The number of hydrogen-bond donors (Lipinski definition) is 1. The van der Waals surface area contributed by atoms with Gasteiger partial charge in [0, 0.05) is 30.8 Å². The summed E-state index contributed by atoms with van der Waals surface area (Å²) in [4.78, 5) is 31.1. The van der Waals surface area contributed by atoms with Gasteiger partial charge in [-0.15, -0.1) is 0 Å². The van der Waals surface area contributed by atoms with Gasteiger partial charge < -0.3 is 14.6 Å². The summed E-state index contributed by atoms with van der Waals surface area (Å²) in [5.41, 5.74) is 0.0166. The Kier molecular flexibility index (Phi) is 5.37. The van der Waals surface area contributed by atoms with Crippen LogP contribution in [-0.2, 0) is 9.53 Å². The average Bonchev–Trinajstić information content (AvgIpc) is 3.54. The van der Waals surface area contributed by atoms with Crippen molar-refractivity contribution >= 4 is 29.3 Å². The molecule has 33 heavy (non-hydrogen) atoms. The van der Waals surface area contributed by atoms with Gasteiger partial charge >= 0.3 is 6.09 Å². The molecule has 1 atom stereocenters. The molecule has 2 amide bonds. The van der Waals surface area contributed by atoms with Gasteiger partial charge in [0.25, 0.3) is 0 Å². The maximum atomic E-state index is 14.9. The Morgan fingerprint density at radius 3 is 2.58 bits per heavy atom. The van der Waals surface area contributed by atoms with Crippen LogP contribution in [0, 0.1) is 11.6 Å². The third-order valence-corrected chi connectivity index (χ3v) is 5.55. The van der Waals surface area contributed by atoms with E-state index in [0.717, 1.165) is 18.6 Å². The number of aromatic nitrogens is 2. The zero-order valence-electron chi connectivity index (χ0n) is 17.3. The predicted molar refractivity (Wildman–Crippen MR) is 114 cm³/mol. The Morgan fingerprint density at radius 1 is 1.12 bits per heavy atom. The van der Waals surface area contributed by atoms with E-state index in [1.807, 2.05) is 0 Å². The minimum atomic E-state index is -0.839. The standard InChI is InChI=1S/C22H19F2N5O4/c23-16-8-14(29-12-15(33-22(29)31)11-25-18-5-7-32-27-18)9-17(24)21(16)13-3-4-19(26-10-13)28-6-1-2-20(28)30/h3-5,7-10,15H,1-2,6,11-12H2,(H,25,27)/t15-/m0/s1. The maximum absolute atomic E-state index is 14.9. The Morgan fingerprint density at radius 2 is 1.94 bits per heavy atom. The zero-order valence-corrected chi connectivity index (χ0v) is 17.3. The fourth-order valence-electron chi connectivity index (χ4n) is 3.94. The van der Waals surface area contributed by atoms with Crippen LogP contribution in [-0.4, -0.2) is 47.9 Å². The molecule has 0 unspecified atom stereocenters. The first-order valence-corrected chi connectivity index (χ1v) is 10.4. The van der Waals surface area contributed by atoms with E-state index in [1.165, 1.54) is 23.4 Å². The number of amides is 2. The van der Waals surface area contributed by atoms with Gasteiger partial charge in [-0.25, -0.2) is 18.6 Å². The Balaban J connectivity index is 1.32. The molecule has 1 aromatic carbocycles. The largest absolute Gasteiger partial charge is 0.442 e. The van der Waals surface area contributed by atoms with E-state index in [2.05, 4.69) is 15.5 Å². The molecule has 0 saturated carbocycles. The van der Waals surface area contributed by atoms with Crippen LogP contribution >= 0.6 is 0 Å². The van der Waals surface area contributed by atoms with Gasteiger partial charge in [0.05, 0.1) is 24.3 Å². The van der Waals surface area contributed by atoms with Crippen molar-refractivity contribution in [3.8, 4) is 11.1 Å². The Hall–Kier alpha value is -4.02. The monoisotopic (exact) mass is 455 g/mol. The van der Waals surface area contributed by atoms with Crippen molar-refractivity contribution in [2.45, 2.75) is 18.9 Å². The molecule has 0 radical (unpaired) electrons. The van der Waals surface area contributed by atoms with Gasteiger partial charge in [0.1, 0.15) is 29.8 Å². The van der Waals surface area contributed by atoms with Crippen molar-refractivity contribution < 1.29 is 27.6 Å². The van der Waals surface area contributed by atoms with Crippen LogP contribution in [0.25, 0.3) is 11.1 Å². The lowest BCUT2D eigenvalue weighted by molar-refractivity contribution is -0.117. The number of nitrogens with one attached hydrogen (secondary N) is 1. The number of carbonyl (C=O) groups excluding carboxylic acids is 2. The smallest absolute Gasteiger partial charge is 0.414 e. The van der Waals surface area contributed by atoms with E-state index in [9.17, 15) is 18.4 Å². The number of carbonyl (C=O) groups is 2. The second kappa shape index (κ2) is 8.49. The topological polar surface area (TPSA) is 101 Å². The fourth-order valence-corrected chi connectivity index (χ4v) is 3.94. The molecule has 1 N–H and O–H groups in total. The molecule has 3 aromatic rings. The van der Waals surface area contributed by atoms with Crippen molar-refractivity contribution in [2.75, 3.05) is 34.8 Å². The van der Waals surface area contributed by atoms with Gasteiger partial charge in [-0.2, -0.15) is 0 Å². The first-order valence-electron chi connectivity index (χ1n) is 10.4. The van der Waals surface area contributed by atoms with E-state index in [0.29, 0.717) is 24.6 Å². The number of anilines is 3. The summed E-state index contributed by atoms with van der Waals surface area (Å²) in [6.07, 6.45) is 2.71. The highest BCUT2D eigenvalue weighted by Crippen LogP contribution is 2.32. The third kappa shape index (κ3) is 4.09. The first kappa shape index (κ1) is 20.9. The quantitative estimate of drug-likeness (QED) is 0.606.